The molecule has 0 atom stereocenters. The van der Waals surface area contributed by atoms with Crippen LogP contribution in [0.1, 0.15) is 58.8 Å². The first-order valence-corrected chi connectivity index (χ1v) is 9.88. The van der Waals surface area contributed by atoms with Crippen molar-refractivity contribution < 1.29 is 18.7 Å². The first-order valence-electron chi connectivity index (χ1n) is 9.88. The highest BCUT2D eigenvalue weighted by atomic mass is 16.5. The summed E-state index contributed by atoms with van der Waals surface area (Å²) >= 11 is 0. The Labute approximate surface area is 175 Å². The highest BCUT2D eigenvalue weighted by Gasteiger charge is 2.28. The molecule has 158 valence electrons. The van der Waals surface area contributed by atoms with Gasteiger partial charge in [-0.25, -0.2) is 4.79 Å². The van der Waals surface area contributed by atoms with Gasteiger partial charge < -0.3 is 19.0 Å². The number of aryl methyl sites for hydroxylation is 1. The monoisotopic (exact) mass is 410 g/mol. The molecule has 2 aromatic heterocycles. The third-order valence-electron chi connectivity index (χ3n) is 4.81. The summed E-state index contributed by atoms with van der Waals surface area (Å²) in [7, 11) is 0. The SMILES string of the molecule is CCOC(=O)c1c(C)[nH]c(C(=O)N(Cc2nnc(-c3ccccc3)o2)C(C)C)c1C. The second-order valence-electron chi connectivity index (χ2n) is 7.24. The summed E-state index contributed by atoms with van der Waals surface area (Å²) in [6, 6.07) is 9.32. The number of esters is 1. The highest BCUT2D eigenvalue weighted by molar-refractivity contribution is 6.00. The molecular weight excluding hydrogens is 384 g/mol. The maximum absolute atomic E-state index is 13.3. The number of H-pyrrole nitrogens is 1. The van der Waals surface area contributed by atoms with E-state index in [2.05, 4.69) is 15.2 Å². The van der Waals surface area contributed by atoms with Crippen LogP contribution in [0.15, 0.2) is 34.7 Å². The molecule has 0 aliphatic carbocycles. The third kappa shape index (κ3) is 4.27. The lowest BCUT2D eigenvalue weighted by molar-refractivity contribution is 0.0525. The third-order valence-corrected chi connectivity index (χ3v) is 4.81. The first-order chi connectivity index (χ1) is 14.3. The molecule has 8 heteroatoms. The summed E-state index contributed by atoms with van der Waals surface area (Å²) in [6.45, 7) is 9.47. The van der Waals surface area contributed by atoms with Gasteiger partial charge in [-0.1, -0.05) is 18.2 Å². The molecule has 0 aliphatic heterocycles. The quantitative estimate of drug-likeness (QED) is 0.593. The van der Waals surface area contributed by atoms with Gasteiger partial charge in [0.15, 0.2) is 0 Å². The van der Waals surface area contributed by atoms with Crippen LogP contribution in [-0.2, 0) is 11.3 Å². The van der Waals surface area contributed by atoms with Crippen LogP contribution in [0.4, 0.5) is 0 Å². The number of ether oxygens (including phenoxy) is 1. The number of amides is 1. The van der Waals surface area contributed by atoms with E-state index in [1.807, 2.05) is 44.2 Å². The summed E-state index contributed by atoms with van der Waals surface area (Å²) in [5, 5.41) is 8.18. The molecule has 8 nitrogen and oxygen atoms in total. The van der Waals surface area contributed by atoms with Crippen molar-refractivity contribution in [1.82, 2.24) is 20.1 Å². The van der Waals surface area contributed by atoms with Gasteiger partial charge in [0, 0.05) is 17.3 Å². The molecule has 0 unspecified atom stereocenters. The molecule has 1 N–H and O–H groups in total. The Kier molecular flexibility index (Phi) is 6.34. The van der Waals surface area contributed by atoms with Crippen molar-refractivity contribution in [3.8, 4) is 11.5 Å². The van der Waals surface area contributed by atoms with Crippen molar-refractivity contribution in [2.75, 3.05) is 6.61 Å². The zero-order valence-electron chi connectivity index (χ0n) is 17.9. The Morgan fingerprint density at radius 1 is 1.17 bits per heavy atom. The number of hydrogen-bond donors (Lipinski definition) is 1. The Hall–Kier alpha value is -3.42. The van der Waals surface area contributed by atoms with Crippen molar-refractivity contribution in [2.24, 2.45) is 0 Å². The largest absolute Gasteiger partial charge is 0.462 e. The zero-order chi connectivity index (χ0) is 21.8. The second-order valence-corrected chi connectivity index (χ2v) is 7.24. The average Bonchev–Trinajstić information content (AvgIpc) is 3.30. The van der Waals surface area contributed by atoms with Gasteiger partial charge in [0.1, 0.15) is 5.69 Å². The molecule has 0 radical (unpaired) electrons. The molecule has 3 aromatic rings. The van der Waals surface area contributed by atoms with Gasteiger partial charge in [0.05, 0.1) is 18.7 Å². The van der Waals surface area contributed by atoms with Crippen molar-refractivity contribution >= 4 is 11.9 Å². The number of aromatic amines is 1. The van der Waals surface area contributed by atoms with Crippen LogP contribution in [0.25, 0.3) is 11.5 Å². The molecule has 2 heterocycles. The minimum Gasteiger partial charge on any atom is -0.462 e. The fourth-order valence-electron chi connectivity index (χ4n) is 3.27. The molecule has 0 saturated carbocycles. The Balaban J connectivity index is 1.86. The van der Waals surface area contributed by atoms with Gasteiger partial charge in [-0.3, -0.25) is 4.79 Å². The number of nitrogens with zero attached hydrogens (tertiary/aromatic N) is 3. The lowest BCUT2D eigenvalue weighted by atomic mass is 10.1. The molecule has 0 spiro atoms. The Morgan fingerprint density at radius 3 is 2.50 bits per heavy atom. The van der Waals surface area contributed by atoms with Crippen molar-refractivity contribution in [1.29, 1.82) is 0 Å². The van der Waals surface area contributed by atoms with E-state index < -0.39 is 5.97 Å². The second kappa shape index (κ2) is 8.94. The van der Waals surface area contributed by atoms with Crippen LogP contribution < -0.4 is 0 Å². The molecule has 30 heavy (non-hydrogen) atoms. The first kappa shape index (κ1) is 21.3. The maximum Gasteiger partial charge on any atom is 0.340 e. The van der Waals surface area contributed by atoms with E-state index in [9.17, 15) is 9.59 Å². The molecule has 0 saturated heterocycles. The minimum absolute atomic E-state index is 0.126. The van der Waals surface area contributed by atoms with Gasteiger partial charge >= 0.3 is 5.97 Å². The summed E-state index contributed by atoms with van der Waals surface area (Å²) in [5.74, 6) is 0.0459. The minimum atomic E-state index is -0.441. The van der Waals surface area contributed by atoms with Crippen LogP contribution in [0.3, 0.4) is 0 Å². The van der Waals surface area contributed by atoms with Crippen LogP contribution >= 0.6 is 0 Å². The van der Waals surface area contributed by atoms with E-state index in [4.69, 9.17) is 9.15 Å². The van der Waals surface area contributed by atoms with Gasteiger partial charge in [0.25, 0.3) is 5.91 Å². The van der Waals surface area contributed by atoms with E-state index in [0.29, 0.717) is 34.3 Å². The van der Waals surface area contributed by atoms with E-state index in [0.717, 1.165) is 5.56 Å². The van der Waals surface area contributed by atoms with Crippen LogP contribution in [-0.4, -0.2) is 44.6 Å². The van der Waals surface area contributed by atoms with Crippen LogP contribution in [0.5, 0.6) is 0 Å². The van der Waals surface area contributed by atoms with Gasteiger partial charge in [-0.15, -0.1) is 10.2 Å². The normalized spacial score (nSPS) is 11.0. The van der Waals surface area contributed by atoms with Crippen LogP contribution in [0.2, 0.25) is 0 Å². The van der Waals surface area contributed by atoms with Crippen molar-refractivity contribution in [3.63, 3.8) is 0 Å². The standard InChI is InChI=1S/C22H26N4O4/c1-6-29-22(28)18-14(4)19(23-15(18)5)21(27)26(13(2)3)12-17-24-25-20(30-17)16-10-8-7-9-11-16/h7-11,13,23H,6,12H2,1-5H3. The molecular formula is C22H26N4O4. The summed E-state index contributed by atoms with van der Waals surface area (Å²) < 4.78 is 10.9. The number of carbonyl (C=O) groups excluding carboxylic acids is 2. The lowest BCUT2D eigenvalue weighted by Crippen LogP contribution is -2.37. The number of aromatic nitrogens is 3. The molecule has 1 amide bonds. The summed E-state index contributed by atoms with van der Waals surface area (Å²) in [6.07, 6.45) is 0. The molecule has 3 rings (SSSR count). The van der Waals surface area contributed by atoms with Gasteiger partial charge in [-0.05, 0) is 52.3 Å². The van der Waals surface area contributed by atoms with Gasteiger partial charge in [0.2, 0.25) is 11.8 Å². The Bertz CT molecular complexity index is 1040. The number of nitrogens with one attached hydrogen (secondary N) is 1. The molecule has 1 aromatic carbocycles. The Morgan fingerprint density at radius 2 is 1.87 bits per heavy atom. The molecule has 0 aliphatic rings. The smallest absolute Gasteiger partial charge is 0.340 e. The predicted octanol–water partition coefficient (Wildman–Crippen LogP) is 3.91. The zero-order valence-corrected chi connectivity index (χ0v) is 17.9. The van der Waals surface area contributed by atoms with E-state index in [1.165, 1.54) is 0 Å². The van der Waals surface area contributed by atoms with Crippen molar-refractivity contribution in [3.05, 3.63) is 58.7 Å². The van der Waals surface area contributed by atoms with E-state index in [-0.39, 0.29) is 25.1 Å². The fraction of sp³-hybridized carbons (Fsp3) is 0.364. The van der Waals surface area contributed by atoms with E-state index >= 15 is 0 Å². The predicted molar refractivity (Wildman–Crippen MR) is 111 cm³/mol. The average molecular weight is 410 g/mol. The summed E-state index contributed by atoms with van der Waals surface area (Å²) in [5.41, 5.74) is 2.73. The highest BCUT2D eigenvalue weighted by Crippen LogP contribution is 2.23. The number of rotatable bonds is 7. The number of hydrogen-bond acceptors (Lipinski definition) is 6. The summed E-state index contributed by atoms with van der Waals surface area (Å²) in [4.78, 5) is 30.2. The van der Waals surface area contributed by atoms with E-state index in [1.54, 1.807) is 25.7 Å². The van der Waals surface area contributed by atoms with Crippen LogP contribution in [0, 0.1) is 13.8 Å². The molecule has 0 fully saturated rings. The lowest BCUT2D eigenvalue weighted by Gasteiger charge is -2.25. The van der Waals surface area contributed by atoms with Gasteiger partial charge in [-0.2, -0.15) is 0 Å². The maximum atomic E-state index is 13.3. The topological polar surface area (TPSA) is 101 Å². The fourth-order valence-corrected chi connectivity index (χ4v) is 3.27. The number of carbonyl (C=O) groups is 2. The molecule has 0 bridgehead atoms. The number of benzene rings is 1. The van der Waals surface area contributed by atoms with Crippen molar-refractivity contribution in [2.45, 2.75) is 47.2 Å².